The van der Waals surface area contributed by atoms with Crippen molar-refractivity contribution in [1.82, 2.24) is 20.2 Å². The molecule has 0 bridgehead atoms. The molecule has 0 fully saturated rings. The van der Waals surface area contributed by atoms with E-state index in [0.29, 0.717) is 28.3 Å². The number of fused-ring (bicyclic) bond motifs is 1. The second-order valence-electron chi connectivity index (χ2n) is 7.83. The Morgan fingerprint density at radius 1 is 0.941 bits per heavy atom. The maximum atomic E-state index is 13.3. The van der Waals surface area contributed by atoms with Gasteiger partial charge in [-0.15, -0.1) is 0 Å². The second kappa shape index (κ2) is 10.4. The minimum absolute atomic E-state index is 0.0750. The molecule has 8 heteroatoms. The van der Waals surface area contributed by atoms with Crippen LogP contribution >= 0.6 is 11.8 Å². The summed E-state index contributed by atoms with van der Waals surface area (Å²) in [7, 11) is 0. The molecule has 0 atom stereocenters. The van der Waals surface area contributed by atoms with Gasteiger partial charge in [-0.05, 0) is 54.8 Å². The number of imide groups is 1. The number of carbonyl (C=O) groups is 2. The topological polar surface area (TPSA) is 93.1 Å². The molecule has 0 radical (unpaired) electrons. The third kappa shape index (κ3) is 5.35. The van der Waals surface area contributed by atoms with Crippen LogP contribution in [0, 0.1) is 13.8 Å². The van der Waals surface area contributed by atoms with Gasteiger partial charge >= 0.3 is 6.03 Å². The number of rotatable bonds is 6. The first-order valence-electron chi connectivity index (χ1n) is 10.8. The maximum absolute atomic E-state index is 13.3. The highest BCUT2D eigenvalue weighted by molar-refractivity contribution is 7.99. The number of thioether (sulfide) groups is 1. The summed E-state index contributed by atoms with van der Waals surface area (Å²) in [6, 6.07) is 21.7. The van der Waals surface area contributed by atoms with Crippen molar-refractivity contribution in [3.8, 4) is 5.69 Å². The molecule has 3 amide bonds. The molecular weight excluding hydrogens is 448 g/mol. The average Bonchev–Trinajstić information content (AvgIpc) is 2.84. The van der Waals surface area contributed by atoms with Crippen LogP contribution in [0.5, 0.6) is 0 Å². The Bertz CT molecular complexity index is 1420. The van der Waals surface area contributed by atoms with Gasteiger partial charge in [0.15, 0.2) is 5.16 Å². The van der Waals surface area contributed by atoms with Gasteiger partial charge in [0.25, 0.3) is 5.56 Å². The Morgan fingerprint density at radius 2 is 1.68 bits per heavy atom. The lowest BCUT2D eigenvalue weighted by atomic mass is 10.1. The highest BCUT2D eigenvalue weighted by atomic mass is 32.2. The summed E-state index contributed by atoms with van der Waals surface area (Å²) in [5.74, 6) is -0.557. The fraction of sp³-hybridized carbons (Fsp3) is 0.154. The summed E-state index contributed by atoms with van der Waals surface area (Å²) in [6.45, 7) is 4.29. The molecule has 1 aromatic heterocycles. The first-order valence-corrected chi connectivity index (χ1v) is 11.7. The molecule has 4 rings (SSSR count). The van der Waals surface area contributed by atoms with Gasteiger partial charge in [0.05, 0.1) is 22.3 Å². The number of para-hydroxylation sites is 1. The Morgan fingerprint density at radius 3 is 2.44 bits per heavy atom. The minimum atomic E-state index is -0.576. The Balaban J connectivity index is 1.52. The monoisotopic (exact) mass is 472 g/mol. The number of hydrogen-bond donors (Lipinski definition) is 2. The quantitative estimate of drug-likeness (QED) is 0.325. The van der Waals surface area contributed by atoms with E-state index in [1.54, 1.807) is 18.2 Å². The highest BCUT2D eigenvalue weighted by Gasteiger charge is 2.16. The molecule has 0 aliphatic rings. The first-order chi connectivity index (χ1) is 16.4. The predicted octanol–water partition coefficient (Wildman–Crippen LogP) is 4.12. The largest absolute Gasteiger partial charge is 0.334 e. The maximum Gasteiger partial charge on any atom is 0.321 e. The van der Waals surface area contributed by atoms with Crippen molar-refractivity contribution >= 4 is 34.6 Å². The van der Waals surface area contributed by atoms with Gasteiger partial charge < -0.3 is 5.32 Å². The summed E-state index contributed by atoms with van der Waals surface area (Å²) >= 11 is 1.11. The van der Waals surface area contributed by atoms with Crippen molar-refractivity contribution in [2.75, 3.05) is 5.75 Å². The Kier molecular flexibility index (Phi) is 7.08. The molecule has 34 heavy (non-hydrogen) atoms. The SMILES string of the molecule is Cc1ccc(-n2c(SCC(=O)NC(=O)NCc3ccccc3)nc3ccccc3c2=O)cc1C. The van der Waals surface area contributed by atoms with Crippen LogP contribution in [0.2, 0.25) is 0 Å². The van der Waals surface area contributed by atoms with Gasteiger partial charge in [-0.2, -0.15) is 0 Å². The van der Waals surface area contributed by atoms with Gasteiger partial charge in [0, 0.05) is 6.54 Å². The van der Waals surface area contributed by atoms with Crippen LogP contribution in [-0.4, -0.2) is 27.2 Å². The second-order valence-corrected chi connectivity index (χ2v) is 8.77. The summed E-state index contributed by atoms with van der Waals surface area (Å²) in [6.07, 6.45) is 0. The van der Waals surface area contributed by atoms with Crippen molar-refractivity contribution < 1.29 is 9.59 Å². The van der Waals surface area contributed by atoms with E-state index in [1.165, 1.54) is 4.57 Å². The van der Waals surface area contributed by atoms with Crippen LogP contribution in [0.1, 0.15) is 16.7 Å². The highest BCUT2D eigenvalue weighted by Crippen LogP contribution is 2.22. The fourth-order valence-electron chi connectivity index (χ4n) is 3.42. The standard InChI is InChI=1S/C26H24N4O3S/c1-17-12-13-20(14-18(17)2)30-24(32)21-10-6-7-11-22(21)28-26(30)34-16-23(31)29-25(33)27-15-19-8-4-3-5-9-19/h3-14H,15-16H2,1-2H3,(H2,27,29,31,33). The third-order valence-electron chi connectivity index (χ3n) is 5.37. The number of nitrogens with zero attached hydrogens (tertiary/aromatic N) is 2. The van der Waals surface area contributed by atoms with E-state index in [0.717, 1.165) is 28.5 Å². The third-order valence-corrected chi connectivity index (χ3v) is 6.31. The van der Waals surface area contributed by atoms with Crippen molar-refractivity contribution in [1.29, 1.82) is 0 Å². The van der Waals surface area contributed by atoms with Crippen LogP contribution in [-0.2, 0) is 11.3 Å². The number of aryl methyl sites for hydroxylation is 2. The molecule has 0 spiro atoms. The van der Waals surface area contributed by atoms with E-state index in [1.807, 2.05) is 68.4 Å². The molecule has 1 heterocycles. The molecule has 172 valence electrons. The number of aromatic nitrogens is 2. The molecule has 3 aromatic carbocycles. The minimum Gasteiger partial charge on any atom is -0.334 e. The van der Waals surface area contributed by atoms with Crippen molar-refractivity contribution in [2.24, 2.45) is 0 Å². The molecule has 4 aromatic rings. The van der Waals surface area contributed by atoms with E-state index in [4.69, 9.17) is 0 Å². The van der Waals surface area contributed by atoms with Crippen LogP contribution in [0.3, 0.4) is 0 Å². The van der Waals surface area contributed by atoms with Crippen LogP contribution in [0.25, 0.3) is 16.6 Å². The Hall–Kier alpha value is -3.91. The van der Waals surface area contributed by atoms with Gasteiger partial charge in [-0.1, -0.05) is 60.3 Å². The summed E-state index contributed by atoms with van der Waals surface area (Å²) in [5, 5.41) is 5.86. The molecular formula is C26H24N4O3S. The number of hydrogen-bond acceptors (Lipinski definition) is 5. The van der Waals surface area contributed by atoms with Gasteiger partial charge in [-0.25, -0.2) is 9.78 Å². The first kappa shape index (κ1) is 23.3. The lowest BCUT2D eigenvalue weighted by Crippen LogP contribution is -2.40. The number of urea groups is 1. The number of nitrogens with one attached hydrogen (secondary N) is 2. The van der Waals surface area contributed by atoms with Crippen LogP contribution < -0.4 is 16.2 Å². The van der Waals surface area contributed by atoms with E-state index in [9.17, 15) is 14.4 Å². The van der Waals surface area contributed by atoms with E-state index in [-0.39, 0.29) is 11.3 Å². The average molecular weight is 473 g/mol. The Labute approximate surface area is 201 Å². The van der Waals surface area contributed by atoms with Gasteiger partial charge in [-0.3, -0.25) is 19.5 Å². The number of amides is 3. The molecule has 2 N–H and O–H groups in total. The lowest BCUT2D eigenvalue weighted by Gasteiger charge is -2.14. The zero-order chi connectivity index (χ0) is 24.1. The molecule has 0 unspecified atom stereocenters. The van der Waals surface area contributed by atoms with Crippen LogP contribution in [0.15, 0.2) is 82.7 Å². The molecule has 0 saturated heterocycles. The van der Waals surface area contributed by atoms with Gasteiger partial charge in [0.1, 0.15) is 0 Å². The zero-order valence-electron chi connectivity index (χ0n) is 18.9. The zero-order valence-corrected chi connectivity index (χ0v) is 19.7. The molecule has 0 aliphatic carbocycles. The molecule has 0 aliphatic heterocycles. The van der Waals surface area contributed by atoms with E-state index in [2.05, 4.69) is 15.6 Å². The number of carbonyl (C=O) groups excluding carboxylic acids is 2. The summed E-state index contributed by atoms with van der Waals surface area (Å²) in [5.41, 5.74) is 4.10. The van der Waals surface area contributed by atoms with E-state index >= 15 is 0 Å². The predicted molar refractivity (Wildman–Crippen MR) is 134 cm³/mol. The number of benzene rings is 3. The fourth-order valence-corrected chi connectivity index (χ4v) is 4.23. The lowest BCUT2D eigenvalue weighted by molar-refractivity contribution is -0.117. The van der Waals surface area contributed by atoms with Crippen molar-refractivity contribution in [3.63, 3.8) is 0 Å². The van der Waals surface area contributed by atoms with Crippen molar-refractivity contribution in [3.05, 3.63) is 99.8 Å². The molecule has 7 nitrogen and oxygen atoms in total. The van der Waals surface area contributed by atoms with Crippen LogP contribution in [0.4, 0.5) is 4.79 Å². The van der Waals surface area contributed by atoms with Crippen molar-refractivity contribution in [2.45, 2.75) is 25.5 Å². The normalized spacial score (nSPS) is 10.8. The van der Waals surface area contributed by atoms with E-state index < -0.39 is 11.9 Å². The smallest absolute Gasteiger partial charge is 0.321 e. The summed E-state index contributed by atoms with van der Waals surface area (Å²) in [4.78, 5) is 42.5. The molecule has 0 saturated carbocycles. The summed E-state index contributed by atoms with van der Waals surface area (Å²) < 4.78 is 1.52. The van der Waals surface area contributed by atoms with Gasteiger partial charge in [0.2, 0.25) is 5.91 Å².